The van der Waals surface area contributed by atoms with Crippen molar-refractivity contribution in [2.75, 3.05) is 19.7 Å². The Bertz CT molecular complexity index is 832. The zero-order valence-electron chi connectivity index (χ0n) is 20.7. The van der Waals surface area contributed by atoms with Crippen molar-refractivity contribution in [3.63, 3.8) is 0 Å². The van der Waals surface area contributed by atoms with Crippen molar-refractivity contribution in [3.8, 4) is 0 Å². The molecule has 0 radical (unpaired) electrons. The molecule has 3 amide bonds. The number of rotatable bonds is 11. The Morgan fingerprint density at radius 3 is 2.39 bits per heavy atom. The highest BCUT2D eigenvalue weighted by Crippen LogP contribution is 2.25. The molecule has 0 aromatic heterocycles. The standard InChI is InChI=1S/C25H39N3O5/c1-8-10-13-26-22(30)21(19-12-11-17(3)18(4)15-19)28(14-9-2)23(31)20(16-29)27-24(32)33-25(5,6)7/h9,11-12,15,20-21,29H,2,8,10,13-14,16H2,1,3-7H3,(H,26,30)(H,27,32). The number of aryl methyl sites for hydroxylation is 2. The van der Waals surface area contributed by atoms with Gasteiger partial charge in [0.25, 0.3) is 0 Å². The van der Waals surface area contributed by atoms with Gasteiger partial charge in [-0.05, 0) is 57.7 Å². The summed E-state index contributed by atoms with van der Waals surface area (Å²) >= 11 is 0. The van der Waals surface area contributed by atoms with Gasteiger partial charge >= 0.3 is 6.09 Å². The monoisotopic (exact) mass is 461 g/mol. The number of hydrogen-bond acceptors (Lipinski definition) is 5. The van der Waals surface area contributed by atoms with Crippen molar-refractivity contribution in [1.29, 1.82) is 0 Å². The van der Waals surface area contributed by atoms with Crippen molar-refractivity contribution >= 4 is 17.9 Å². The molecule has 0 aliphatic carbocycles. The third-order valence-electron chi connectivity index (χ3n) is 5.02. The van der Waals surface area contributed by atoms with E-state index in [0.717, 1.165) is 24.0 Å². The fraction of sp³-hybridized carbons (Fsp3) is 0.560. The number of hydrogen-bond donors (Lipinski definition) is 3. The van der Waals surface area contributed by atoms with Crippen LogP contribution in [-0.4, -0.2) is 59.3 Å². The molecule has 0 heterocycles. The Morgan fingerprint density at radius 1 is 1.21 bits per heavy atom. The molecular formula is C25H39N3O5. The van der Waals surface area contributed by atoms with E-state index < -0.39 is 36.3 Å². The van der Waals surface area contributed by atoms with Crippen molar-refractivity contribution in [3.05, 3.63) is 47.5 Å². The molecule has 0 spiro atoms. The van der Waals surface area contributed by atoms with Crippen molar-refractivity contribution in [1.82, 2.24) is 15.5 Å². The van der Waals surface area contributed by atoms with Crippen LogP contribution < -0.4 is 10.6 Å². The number of ether oxygens (including phenoxy) is 1. The minimum Gasteiger partial charge on any atom is -0.444 e. The molecular weight excluding hydrogens is 422 g/mol. The van der Waals surface area contributed by atoms with Crippen LogP contribution in [0.15, 0.2) is 30.9 Å². The van der Waals surface area contributed by atoms with Crippen LogP contribution in [0.3, 0.4) is 0 Å². The fourth-order valence-electron chi connectivity index (χ4n) is 3.19. The van der Waals surface area contributed by atoms with Gasteiger partial charge in [-0.25, -0.2) is 4.79 Å². The maximum absolute atomic E-state index is 13.4. The minimum absolute atomic E-state index is 0.0458. The molecule has 0 aliphatic rings. The topological polar surface area (TPSA) is 108 Å². The average Bonchev–Trinajstić information content (AvgIpc) is 2.72. The second-order valence-electron chi connectivity index (χ2n) is 9.05. The largest absolute Gasteiger partial charge is 0.444 e. The van der Waals surface area contributed by atoms with E-state index in [2.05, 4.69) is 17.2 Å². The van der Waals surface area contributed by atoms with E-state index in [1.807, 2.05) is 39.0 Å². The van der Waals surface area contributed by atoms with Gasteiger partial charge < -0.3 is 25.4 Å². The summed E-state index contributed by atoms with van der Waals surface area (Å²) in [6.07, 6.45) is 2.40. The number of unbranched alkanes of at least 4 members (excludes halogenated alkanes) is 1. The van der Waals surface area contributed by atoms with Crippen LogP contribution in [0.25, 0.3) is 0 Å². The van der Waals surface area contributed by atoms with Crippen LogP contribution in [0.2, 0.25) is 0 Å². The predicted molar refractivity (Wildman–Crippen MR) is 129 cm³/mol. The van der Waals surface area contributed by atoms with E-state index in [0.29, 0.717) is 12.1 Å². The zero-order chi connectivity index (χ0) is 25.2. The van der Waals surface area contributed by atoms with Crippen molar-refractivity contribution in [2.45, 2.75) is 72.1 Å². The van der Waals surface area contributed by atoms with Gasteiger partial charge in [-0.15, -0.1) is 6.58 Å². The predicted octanol–water partition coefficient (Wildman–Crippen LogP) is 3.16. The summed E-state index contributed by atoms with van der Waals surface area (Å²) in [6, 6.07) is 3.34. The summed E-state index contributed by atoms with van der Waals surface area (Å²) < 4.78 is 5.22. The van der Waals surface area contributed by atoms with Gasteiger partial charge in [0.15, 0.2) is 0 Å². The van der Waals surface area contributed by atoms with Crippen LogP contribution in [0.4, 0.5) is 4.79 Å². The zero-order valence-corrected chi connectivity index (χ0v) is 20.7. The van der Waals surface area contributed by atoms with E-state index in [1.54, 1.807) is 20.8 Å². The summed E-state index contributed by atoms with van der Waals surface area (Å²) in [6.45, 7) is 14.6. The van der Waals surface area contributed by atoms with Crippen LogP contribution >= 0.6 is 0 Å². The smallest absolute Gasteiger partial charge is 0.408 e. The van der Waals surface area contributed by atoms with Gasteiger partial charge in [0, 0.05) is 13.1 Å². The lowest BCUT2D eigenvalue weighted by Gasteiger charge is -2.33. The molecule has 0 fully saturated rings. The van der Waals surface area contributed by atoms with Gasteiger partial charge in [-0.3, -0.25) is 9.59 Å². The Hall–Kier alpha value is -2.87. The number of carbonyl (C=O) groups excluding carboxylic acids is 3. The van der Waals surface area contributed by atoms with E-state index in [-0.39, 0.29) is 12.5 Å². The van der Waals surface area contributed by atoms with E-state index in [9.17, 15) is 19.5 Å². The summed E-state index contributed by atoms with van der Waals surface area (Å²) in [5.41, 5.74) is 1.91. The molecule has 1 aromatic carbocycles. The van der Waals surface area contributed by atoms with Gasteiger partial charge in [0.2, 0.25) is 11.8 Å². The summed E-state index contributed by atoms with van der Waals surface area (Å²) in [5, 5.41) is 15.2. The van der Waals surface area contributed by atoms with Crippen molar-refractivity contribution in [2.24, 2.45) is 0 Å². The Labute approximate surface area is 197 Å². The molecule has 0 bridgehead atoms. The normalized spacial score (nSPS) is 12.9. The highest BCUT2D eigenvalue weighted by molar-refractivity contribution is 5.92. The highest BCUT2D eigenvalue weighted by Gasteiger charge is 2.35. The molecule has 184 valence electrons. The summed E-state index contributed by atoms with van der Waals surface area (Å²) in [5.74, 6) is -0.951. The summed E-state index contributed by atoms with van der Waals surface area (Å²) in [7, 11) is 0. The maximum Gasteiger partial charge on any atom is 0.408 e. The molecule has 2 unspecified atom stereocenters. The van der Waals surface area contributed by atoms with E-state index in [4.69, 9.17) is 4.74 Å². The number of nitrogens with one attached hydrogen (secondary N) is 2. The molecule has 1 aromatic rings. The van der Waals surface area contributed by atoms with Crippen LogP contribution in [-0.2, 0) is 14.3 Å². The van der Waals surface area contributed by atoms with Crippen LogP contribution in [0.5, 0.6) is 0 Å². The van der Waals surface area contributed by atoms with Crippen LogP contribution in [0.1, 0.15) is 63.3 Å². The first kappa shape index (κ1) is 28.2. The first-order chi connectivity index (χ1) is 15.4. The number of nitrogens with zero attached hydrogens (tertiary/aromatic N) is 1. The molecule has 1 rings (SSSR count). The number of aliphatic hydroxyl groups is 1. The SMILES string of the molecule is C=CCN(C(=O)C(CO)NC(=O)OC(C)(C)C)C(C(=O)NCCCC)c1ccc(C)c(C)c1. The number of amides is 3. The second kappa shape index (κ2) is 13.0. The third-order valence-corrected chi connectivity index (χ3v) is 5.02. The van der Waals surface area contributed by atoms with Crippen LogP contribution in [0, 0.1) is 13.8 Å². The molecule has 2 atom stereocenters. The first-order valence-electron chi connectivity index (χ1n) is 11.3. The average molecular weight is 462 g/mol. The van der Waals surface area contributed by atoms with Crippen molar-refractivity contribution < 1.29 is 24.2 Å². The maximum atomic E-state index is 13.4. The first-order valence-corrected chi connectivity index (χ1v) is 11.3. The third kappa shape index (κ3) is 8.88. The molecule has 33 heavy (non-hydrogen) atoms. The number of benzene rings is 1. The quantitative estimate of drug-likeness (QED) is 0.347. The summed E-state index contributed by atoms with van der Waals surface area (Å²) in [4.78, 5) is 40.2. The Morgan fingerprint density at radius 2 is 1.88 bits per heavy atom. The van der Waals surface area contributed by atoms with Gasteiger partial charge in [0.05, 0.1) is 6.61 Å². The van der Waals surface area contributed by atoms with Gasteiger partial charge in [-0.1, -0.05) is 37.6 Å². The molecule has 3 N–H and O–H groups in total. The Kier molecular flexibility index (Phi) is 11.1. The fourth-order valence-corrected chi connectivity index (χ4v) is 3.19. The van der Waals surface area contributed by atoms with Gasteiger partial charge in [0.1, 0.15) is 17.7 Å². The molecule has 8 heteroatoms. The lowest BCUT2D eigenvalue weighted by atomic mass is 9.98. The number of carbonyl (C=O) groups is 3. The van der Waals surface area contributed by atoms with E-state index in [1.165, 1.54) is 11.0 Å². The van der Waals surface area contributed by atoms with E-state index >= 15 is 0 Å². The number of alkyl carbamates (subject to hydrolysis) is 1. The second-order valence-corrected chi connectivity index (χ2v) is 9.05. The molecule has 8 nitrogen and oxygen atoms in total. The number of aliphatic hydroxyl groups excluding tert-OH is 1. The lowest BCUT2D eigenvalue weighted by molar-refractivity contribution is -0.142. The molecule has 0 saturated carbocycles. The molecule has 0 saturated heterocycles. The Balaban J connectivity index is 3.33. The lowest BCUT2D eigenvalue weighted by Crippen LogP contribution is -2.54. The highest BCUT2D eigenvalue weighted by atomic mass is 16.6. The molecule has 0 aliphatic heterocycles. The van der Waals surface area contributed by atoms with Gasteiger partial charge in [-0.2, -0.15) is 0 Å². The minimum atomic E-state index is -1.28.